The molecule has 1 aliphatic heterocycles. The second-order valence-electron chi connectivity index (χ2n) is 4.57. The number of nitrogens with zero attached hydrogens (tertiary/aromatic N) is 1. The molecule has 1 fully saturated rings. The van der Waals surface area contributed by atoms with Crippen LogP contribution in [0.25, 0.3) is 0 Å². The van der Waals surface area contributed by atoms with Gasteiger partial charge in [-0.2, -0.15) is 0 Å². The molecule has 1 saturated heterocycles. The average Bonchev–Trinajstić information content (AvgIpc) is 2.47. The minimum atomic E-state index is -1.83. The largest absolute Gasteiger partial charge is 0.366 e. The first kappa shape index (κ1) is 12.7. The Kier molecular flexibility index (Phi) is 3.69. The molecule has 0 aliphatic carbocycles. The molecule has 1 aromatic rings. The molecule has 0 saturated carbocycles. The highest BCUT2D eigenvalue weighted by Crippen LogP contribution is 2.24. The minimum absolute atomic E-state index is 0.379. The highest BCUT2D eigenvalue weighted by atomic mass is 16.3. The molecule has 1 aliphatic rings. The number of aliphatic hydroxyl groups is 1. The van der Waals surface area contributed by atoms with Gasteiger partial charge in [0.25, 0.3) is 5.91 Å². The summed E-state index contributed by atoms with van der Waals surface area (Å²) in [5.74, 6) is 1.88. The molecular formula is C15H17NO2. The van der Waals surface area contributed by atoms with Gasteiger partial charge in [-0.25, -0.2) is 0 Å². The minimum Gasteiger partial charge on any atom is -0.366 e. The number of terminal acetylenes is 1. The van der Waals surface area contributed by atoms with E-state index in [0.717, 1.165) is 19.3 Å². The van der Waals surface area contributed by atoms with E-state index in [1.54, 1.807) is 29.2 Å². The number of likely N-dealkylation sites (tertiary alicyclic amines) is 1. The molecule has 1 N–H and O–H groups in total. The predicted octanol–water partition coefficient (Wildman–Crippen LogP) is 1.52. The van der Waals surface area contributed by atoms with Crippen LogP contribution in [-0.4, -0.2) is 29.0 Å². The zero-order valence-corrected chi connectivity index (χ0v) is 10.3. The first-order valence-electron chi connectivity index (χ1n) is 6.23. The van der Waals surface area contributed by atoms with Crippen LogP contribution in [0.3, 0.4) is 0 Å². The Hall–Kier alpha value is -1.79. The lowest BCUT2D eigenvalue weighted by Crippen LogP contribution is -2.48. The third-order valence-electron chi connectivity index (χ3n) is 3.35. The van der Waals surface area contributed by atoms with Gasteiger partial charge in [-0.1, -0.05) is 36.3 Å². The Bertz CT molecular complexity index is 457. The predicted molar refractivity (Wildman–Crippen MR) is 69.6 cm³/mol. The summed E-state index contributed by atoms with van der Waals surface area (Å²) in [6, 6.07) is 8.72. The van der Waals surface area contributed by atoms with Crippen molar-refractivity contribution >= 4 is 5.91 Å². The highest BCUT2D eigenvalue weighted by Gasteiger charge is 2.39. The monoisotopic (exact) mass is 243 g/mol. The van der Waals surface area contributed by atoms with Crippen molar-refractivity contribution in [3.05, 3.63) is 35.9 Å². The number of hydrogen-bond donors (Lipinski definition) is 1. The summed E-state index contributed by atoms with van der Waals surface area (Å²) in [6.07, 6.45) is 8.47. The topological polar surface area (TPSA) is 40.5 Å². The molecule has 1 atom stereocenters. The first-order chi connectivity index (χ1) is 8.68. The standard InChI is InChI=1S/C15H17NO2/c1-2-15(18,13-9-5-3-6-10-13)14(17)16-11-7-4-8-12-16/h1,3,5-6,9-10,18H,4,7-8,11-12H2. The molecule has 3 nitrogen and oxygen atoms in total. The van der Waals surface area contributed by atoms with Crippen LogP contribution in [0.2, 0.25) is 0 Å². The van der Waals surface area contributed by atoms with Crippen molar-refractivity contribution in [3.63, 3.8) is 0 Å². The maximum Gasteiger partial charge on any atom is 0.272 e. The number of hydrogen-bond acceptors (Lipinski definition) is 2. The fourth-order valence-electron chi connectivity index (χ4n) is 2.27. The average molecular weight is 243 g/mol. The van der Waals surface area contributed by atoms with Gasteiger partial charge < -0.3 is 10.0 Å². The summed E-state index contributed by atoms with van der Waals surface area (Å²) in [4.78, 5) is 14.0. The van der Waals surface area contributed by atoms with E-state index in [2.05, 4.69) is 5.92 Å². The second-order valence-corrected chi connectivity index (χ2v) is 4.57. The Balaban J connectivity index is 2.27. The van der Waals surface area contributed by atoms with Crippen molar-refractivity contribution in [3.8, 4) is 12.3 Å². The number of piperidine rings is 1. The third-order valence-corrected chi connectivity index (χ3v) is 3.35. The van der Waals surface area contributed by atoms with Crippen LogP contribution in [0.5, 0.6) is 0 Å². The molecule has 1 aromatic carbocycles. The van der Waals surface area contributed by atoms with E-state index in [1.165, 1.54) is 0 Å². The molecular weight excluding hydrogens is 226 g/mol. The number of carbonyl (C=O) groups is 1. The summed E-state index contributed by atoms with van der Waals surface area (Å²) >= 11 is 0. The first-order valence-corrected chi connectivity index (χ1v) is 6.23. The zero-order valence-electron chi connectivity index (χ0n) is 10.3. The van der Waals surface area contributed by atoms with Crippen molar-refractivity contribution < 1.29 is 9.90 Å². The normalized spacial score (nSPS) is 18.8. The molecule has 2 rings (SSSR count). The van der Waals surface area contributed by atoms with Crippen LogP contribution in [0.15, 0.2) is 30.3 Å². The van der Waals surface area contributed by atoms with Crippen molar-refractivity contribution in [1.82, 2.24) is 4.90 Å². The fourth-order valence-corrected chi connectivity index (χ4v) is 2.27. The second kappa shape index (κ2) is 5.24. The number of benzene rings is 1. The Labute approximate surface area is 107 Å². The van der Waals surface area contributed by atoms with E-state index < -0.39 is 5.60 Å². The van der Waals surface area contributed by atoms with E-state index in [0.29, 0.717) is 18.7 Å². The zero-order chi connectivity index (χ0) is 13.0. The Morgan fingerprint density at radius 1 is 1.22 bits per heavy atom. The van der Waals surface area contributed by atoms with Crippen molar-refractivity contribution in [2.24, 2.45) is 0 Å². The molecule has 1 unspecified atom stereocenters. The lowest BCUT2D eigenvalue weighted by molar-refractivity contribution is -0.147. The van der Waals surface area contributed by atoms with Crippen LogP contribution in [0, 0.1) is 12.3 Å². The van der Waals surface area contributed by atoms with Gasteiger partial charge in [-0.3, -0.25) is 4.79 Å². The lowest BCUT2D eigenvalue weighted by Gasteiger charge is -2.32. The number of rotatable bonds is 2. The lowest BCUT2D eigenvalue weighted by atomic mass is 9.92. The van der Waals surface area contributed by atoms with E-state index in [9.17, 15) is 9.90 Å². The van der Waals surface area contributed by atoms with Gasteiger partial charge in [0.15, 0.2) is 0 Å². The van der Waals surface area contributed by atoms with Gasteiger partial charge in [-0.15, -0.1) is 6.42 Å². The SMILES string of the molecule is C#CC(O)(C(=O)N1CCCCC1)c1ccccc1. The maximum absolute atomic E-state index is 12.4. The van der Waals surface area contributed by atoms with E-state index in [4.69, 9.17) is 6.42 Å². The van der Waals surface area contributed by atoms with Gasteiger partial charge >= 0.3 is 0 Å². The van der Waals surface area contributed by atoms with Gasteiger partial charge in [0.2, 0.25) is 5.60 Å². The van der Waals surface area contributed by atoms with Gasteiger partial charge in [0.1, 0.15) is 0 Å². The fraction of sp³-hybridized carbons (Fsp3) is 0.400. The van der Waals surface area contributed by atoms with Gasteiger partial charge in [0, 0.05) is 18.7 Å². The molecule has 0 aromatic heterocycles. The van der Waals surface area contributed by atoms with Crippen molar-refractivity contribution in [2.45, 2.75) is 24.9 Å². The van der Waals surface area contributed by atoms with E-state index in [-0.39, 0.29) is 5.91 Å². The summed E-state index contributed by atoms with van der Waals surface area (Å²) in [5.41, 5.74) is -1.37. The van der Waals surface area contributed by atoms with Crippen molar-refractivity contribution in [2.75, 3.05) is 13.1 Å². The van der Waals surface area contributed by atoms with E-state index >= 15 is 0 Å². The molecule has 1 amide bonds. The van der Waals surface area contributed by atoms with E-state index in [1.807, 2.05) is 6.07 Å². The summed E-state index contributed by atoms with van der Waals surface area (Å²) in [5, 5.41) is 10.5. The van der Waals surface area contributed by atoms with Crippen LogP contribution >= 0.6 is 0 Å². The number of carbonyl (C=O) groups excluding carboxylic acids is 1. The van der Waals surface area contributed by atoms with Crippen LogP contribution in [0.1, 0.15) is 24.8 Å². The Morgan fingerprint density at radius 3 is 2.39 bits per heavy atom. The quantitative estimate of drug-likeness (QED) is 0.800. The maximum atomic E-state index is 12.4. The molecule has 1 heterocycles. The van der Waals surface area contributed by atoms with Crippen molar-refractivity contribution in [1.29, 1.82) is 0 Å². The van der Waals surface area contributed by atoms with Gasteiger partial charge in [-0.05, 0) is 19.3 Å². The summed E-state index contributed by atoms with van der Waals surface area (Å²) in [6.45, 7) is 1.35. The summed E-state index contributed by atoms with van der Waals surface area (Å²) in [7, 11) is 0. The third kappa shape index (κ3) is 2.25. The highest BCUT2D eigenvalue weighted by molar-refractivity contribution is 5.89. The number of amides is 1. The van der Waals surface area contributed by atoms with Crippen LogP contribution in [0.4, 0.5) is 0 Å². The summed E-state index contributed by atoms with van der Waals surface area (Å²) < 4.78 is 0. The smallest absolute Gasteiger partial charge is 0.272 e. The molecule has 0 radical (unpaired) electrons. The molecule has 94 valence electrons. The molecule has 3 heteroatoms. The van der Waals surface area contributed by atoms with Crippen LogP contribution in [-0.2, 0) is 10.4 Å². The van der Waals surface area contributed by atoms with Crippen LogP contribution < -0.4 is 0 Å². The molecule has 0 bridgehead atoms. The molecule has 18 heavy (non-hydrogen) atoms. The Morgan fingerprint density at radius 2 is 1.83 bits per heavy atom. The van der Waals surface area contributed by atoms with Gasteiger partial charge in [0.05, 0.1) is 0 Å². The molecule has 0 spiro atoms.